The van der Waals surface area contributed by atoms with Gasteiger partial charge < -0.3 is 10.2 Å². The van der Waals surface area contributed by atoms with Crippen LogP contribution in [0.5, 0.6) is 0 Å². The second-order valence-corrected chi connectivity index (χ2v) is 3.95. The molecule has 0 amide bonds. The van der Waals surface area contributed by atoms with Gasteiger partial charge in [0.05, 0.1) is 6.10 Å². The van der Waals surface area contributed by atoms with Crippen LogP contribution in [0.1, 0.15) is 19.8 Å². The van der Waals surface area contributed by atoms with Crippen molar-refractivity contribution in [2.24, 2.45) is 0 Å². The van der Waals surface area contributed by atoms with Gasteiger partial charge in [0, 0.05) is 19.5 Å². The molecule has 1 aliphatic heterocycles. The SMILES string of the molecule is C=C(C)CCN1CC(O)CC1C(=O)O. The normalized spacial score (nSPS) is 27.9. The zero-order valence-corrected chi connectivity index (χ0v) is 8.44. The number of β-amino-alcohol motifs (C(OH)–C–C–N with tert-alkyl or cyclic N) is 1. The highest BCUT2D eigenvalue weighted by Crippen LogP contribution is 2.18. The lowest BCUT2D eigenvalue weighted by atomic mass is 10.2. The molecule has 14 heavy (non-hydrogen) atoms. The van der Waals surface area contributed by atoms with E-state index >= 15 is 0 Å². The van der Waals surface area contributed by atoms with Crippen molar-refractivity contribution in [3.8, 4) is 0 Å². The van der Waals surface area contributed by atoms with Gasteiger partial charge in [-0.15, -0.1) is 6.58 Å². The first-order valence-electron chi connectivity index (χ1n) is 4.80. The van der Waals surface area contributed by atoms with Crippen molar-refractivity contribution in [1.29, 1.82) is 0 Å². The predicted octanol–water partition coefficient (Wildman–Crippen LogP) is 0.472. The molecule has 4 heteroatoms. The van der Waals surface area contributed by atoms with Crippen molar-refractivity contribution in [3.05, 3.63) is 12.2 Å². The predicted molar refractivity (Wildman–Crippen MR) is 53.1 cm³/mol. The monoisotopic (exact) mass is 199 g/mol. The van der Waals surface area contributed by atoms with Gasteiger partial charge in [-0.2, -0.15) is 0 Å². The van der Waals surface area contributed by atoms with Crippen molar-refractivity contribution in [3.63, 3.8) is 0 Å². The summed E-state index contributed by atoms with van der Waals surface area (Å²) in [6.07, 6.45) is 0.628. The summed E-state index contributed by atoms with van der Waals surface area (Å²) in [5, 5.41) is 18.2. The average molecular weight is 199 g/mol. The summed E-state index contributed by atoms with van der Waals surface area (Å²) in [5.74, 6) is -0.844. The summed E-state index contributed by atoms with van der Waals surface area (Å²) < 4.78 is 0. The Morgan fingerprint density at radius 2 is 2.29 bits per heavy atom. The number of rotatable bonds is 4. The zero-order valence-electron chi connectivity index (χ0n) is 8.44. The molecule has 2 unspecified atom stereocenters. The Hall–Kier alpha value is -0.870. The first kappa shape index (κ1) is 11.2. The molecule has 0 spiro atoms. The number of aliphatic carboxylic acids is 1. The first-order chi connectivity index (χ1) is 6.50. The molecule has 1 rings (SSSR count). The van der Waals surface area contributed by atoms with Gasteiger partial charge in [-0.3, -0.25) is 9.69 Å². The quantitative estimate of drug-likeness (QED) is 0.646. The van der Waals surface area contributed by atoms with Gasteiger partial charge in [-0.05, 0) is 13.3 Å². The molecule has 1 heterocycles. The third-order valence-electron chi connectivity index (χ3n) is 2.49. The second-order valence-electron chi connectivity index (χ2n) is 3.95. The number of hydrogen-bond acceptors (Lipinski definition) is 3. The molecule has 0 aromatic carbocycles. The molecule has 4 nitrogen and oxygen atoms in total. The number of hydrogen-bond donors (Lipinski definition) is 2. The van der Waals surface area contributed by atoms with Crippen LogP contribution in [0.4, 0.5) is 0 Å². The molecule has 0 aliphatic carbocycles. The van der Waals surface area contributed by atoms with Crippen molar-refractivity contribution in [2.45, 2.75) is 31.9 Å². The van der Waals surface area contributed by atoms with E-state index in [0.717, 1.165) is 12.0 Å². The number of carbonyl (C=O) groups is 1. The molecule has 0 aromatic rings. The molecule has 0 aromatic heterocycles. The third kappa shape index (κ3) is 2.82. The van der Waals surface area contributed by atoms with Gasteiger partial charge in [0.25, 0.3) is 0 Å². The minimum absolute atomic E-state index is 0.339. The molecular weight excluding hydrogens is 182 g/mol. The largest absolute Gasteiger partial charge is 0.480 e. The van der Waals surface area contributed by atoms with Crippen LogP contribution >= 0.6 is 0 Å². The van der Waals surface area contributed by atoms with Crippen LogP contribution in [0, 0.1) is 0 Å². The maximum atomic E-state index is 10.8. The van der Waals surface area contributed by atoms with Gasteiger partial charge in [0.1, 0.15) is 6.04 Å². The summed E-state index contributed by atoms with van der Waals surface area (Å²) in [6, 6.07) is -0.524. The fraction of sp³-hybridized carbons (Fsp3) is 0.700. The molecule has 1 aliphatic rings. The van der Waals surface area contributed by atoms with E-state index < -0.39 is 18.1 Å². The van der Waals surface area contributed by atoms with Crippen molar-refractivity contribution in [1.82, 2.24) is 4.90 Å². The van der Waals surface area contributed by atoms with Crippen LogP contribution < -0.4 is 0 Å². The Morgan fingerprint density at radius 1 is 1.64 bits per heavy atom. The van der Waals surface area contributed by atoms with Gasteiger partial charge >= 0.3 is 5.97 Å². The number of aliphatic hydroxyl groups excluding tert-OH is 1. The lowest BCUT2D eigenvalue weighted by molar-refractivity contribution is -0.142. The minimum atomic E-state index is -0.844. The molecular formula is C10H17NO3. The smallest absolute Gasteiger partial charge is 0.321 e. The van der Waals surface area contributed by atoms with Gasteiger partial charge in [-0.1, -0.05) is 5.57 Å². The van der Waals surface area contributed by atoms with Crippen LogP contribution in [0.25, 0.3) is 0 Å². The summed E-state index contributed by atoms with van der Waals surface area (Å²) in [6.45, 7) is 6.82. The molecule has 0 radical (unpaired) electrons. The highest BCUT2D eigenvalue weighted by molar-refractivity contribution is 5.74. The molecule has 1 saturated heterocycles. The Kier molecular flexibility index (Phi) is 3.66. The summed E-state index contributed by atoms with van der Waals surface area (Å²) in [4.78, 5) is 12.6. The summed E-state index contributed by atoms with van der Waals surface area (Å²) >= 11 is 0. The molecule has 0 saturated carbocycles. The number of nitrogens with zero attached hydrogens (tertiary/aromatic N) is 1. The maximum absolute atomic E-state index is 10.8. The Balaban J connectivity index is 2.49. The molecule has 2 atom stereocenters. The lowest BCUT2D eigenvalue weighted by Gasteiger charge is -2.20. The Labute approximate surface area is 83.8 Å². The molecule has 1 fully saturated rings. The number of carboxylic acids is 1. The summed E-state index contributed by atoms with van der Waals surface area (Å²) in [7, 11) is 0. The lowest BCUT2D eigenvalue weighted by Crippen LogP contribution is -2.36. The third-order valence-corrected chi connectivity index (χ3v) is 2.49. The van der Waals surface area contributed by atoms with E-state index in [0.29, 0.717) is 19.5 Å². The summed E-state index contributed by atoms with van der Waals surface area (Å²) in [5.41, 5.74) is 1.04. The topological polar surface area (TPSA) is 60.8 Å². The van der Waals surface area contributed by atoms with Crippen molar-refractivity contribution < 1.29 is 15.0 Å². The van der Waals surface area contributed by atoms with E-state index in [9.17, 15) is 9.90 Å². The van der Waals surface area contributed by atoms with E-state index in [1.54, 1.807) is 0 Å². The van der Waals surface area contributed by atoms with Crippen molar-refractivity contribution in [2.75, 3.05) is 13.1 Å². The van der Waals surface area contributed by atoms with Crippen LogP contribution in [0.3, 0.4) is 0 Å². The standard InChI is InChI=1S/C10H17NO3/c1-7(2)3-4-11-6-8(12)5-9(11)10(13)14/h8-9,12H,1,3-6H2,2H3,(H,13,14). The van der Waals surface area contributed by atoms with Crippen LogP contribution in [-0.4, -0.2) is 46.3 Å². The highest BCUT2D eigenvalue weighted by atomic mass is 16.4. The minimum Gasteiger partial charge on any atom is -0.480 e. The fourth-order valence-electron chi connectivity index (χ4n) is 1.72. The highest BCUT2D eigenvalue weighted by Gasteiger charge is 2.35. The fourth-order valence-corrected chi connectivity index (χ4v) is 1.72. The van der Waals surface area contributed by atoms with E-state index in [1.165, 1.54) is 0 Å². The number of likely N-dealkylation sites (tertiary alicyclic amines) is 1. The van der Waals surface area contributed by atoms with E-state index in [-0.39, 0.29) is 0 Å². The van der Waals surface area contributed by atoms with E-state index in [2.05, 4.69) is 6.58 Å². The van der Waals surface area contributed by atoms with E-state index in [1.807, 2.05) is 11.8 Å². The Morgan fingerprint density at radius 3 is 2.79 bits per heavy atom. The van der Waals surface area contributed by atoms with Gasteiger partial charge in [0.2, 0.25) is 0 Å². The Bertz CT molecular complexity index is 240. The van der Waals surface area contributed by atoms with Crippen molar-refractivity contribution >= 4 is 5.97 Å². The maximum Gasteiger partial charge on any atom is 0.321 e. The molecule has 2 N–H and O–H groups in total. The van der Waals surface area contributed by atoms with Gasteiger partial charge in [0.15, 0.2) is 0 Å². The second kappa shape index (κ2) is 4.57. The van der Waals surface area contributed by atoms with E-state index in [4.69, 9.17) is 5.11 Å². The number of carboxylic acid groups (broad SMARTS) is 1. The van der Waals surface area contributed by atoms with Gasteiger partial charge in [-0.25, -0.2) is 0 Å². The number of aliphatic hydroxyl groups is 1. The van der Waals surface area contributed by atoms with Crippen LogP contribution in [0.15, 0.2) is 12.2 Å². The molecule has 80 valence electrons. The zero-order chi connectivity index (χ0) is 10.7. The average Bonchev–Trinajstić information content (AvgIpc) is 2.43. The van der Waals surface area contributed by atoms with Crippen LogP contribution in [-0.2, 0) is 4.79 Å². The first-order valence-corrected chi connectivity index (χ1v) is 4.80. The van der Waals surface area contributed by atoms with Crippen LogP contribution in [0.2, 0.25) is 0 Å². The molecule has 0 bridgehead atoms.